The number of para-hydroxylation sites is 1. The Hall–Kier alpha value is -1.76. The standard InChI is InChI=1S/C19H22N4S2/c1-14-7-3-4-8-16(14)23-15(2)20-22(19(23)24)13-21-11-5-9-17(21)18-10-6-12-25-18/h3-4,6-8,10,12,17H,5,9,11,13H2,1-2H3/p+1/t17-/m1/s1. The summed E-state index contributed by atoms with van der Waals surface area (Å²) in [5.74, 6) is 0.950. The van der Waals surface area contributed by atoms with Gasteiger partial charge < -0.3 is 4.90 Å². The van der Waals surface area contributed by atoms with Crippen LogP contribution in [0.5, 0.6) is 0 Å². The highest BCUT2D eigenvalue weighted by Crippen LogP contribution is 2.23. The van der Waals surface area contributed by atoms with E-state index in [4.69, 9.17) is 17.3 Å². The molecule has 1 fully saturated rings. The minimum Gasteiger partial charge on any atom is -0.309 e. The molecule has 0 amide bonds. The summed E-state index contributed by atoms with van der Waals surface area (Å²) in [7, 11) is 0. The topological polar surface area (TPSA) is 27.2 Å². The van der Waals surface area contributed by atoms with Gasteiger partial charge in [-0.2, -0.15) is 9.78 Å². The fraction of sp³-hybridized carbons (Fsp3) is 0.368. The average molecular weight is 372 g/mol. The molecule has 1 N–H and O–H groups in total. The molecule has 1 aromatic carbocycles. The lowest BCUT2D eigenvalue weighted by atomic mass is 10.2. The summed E-state index contributed by atoms with van der Waals surface area (Å²) in [6, 6.07) is 13.3. The number of nitrogens with one attached hydrogen (secondary N) is 1. The predicted octanol–water partition coefficient (Wildman–Crippen LogP) is 3.46. The van der Waals surface area contributed by atoms with Crippen LogP contribution in [0, 0.1) is 18.6 Å². The number of hydrogen-bond acceptors (Lipinski definition) is 3. The van der Waals surface area contributed by atoms with Crippen LogP contribution in [0.3, 0.4) is 0 Å². The van der Waals surface area contributed by atoms with E-state index in [1.54, 1.807) is 4.90 Å². The smallest absolute Gasteiger partial charge is 0.207 e. The second-order valence-corrected chi connectivity index (χ2v) is 8.07. The summed E-state index contributed by atoms with van der Waals surface area (Å²) in [4.78, 5) is 3.04. The molecule has 25 heavy (non-hydrogen) atoms. The Balaban J connectivity index is 1.65. The van der Waals surface area contributed by atoms with Crippen LogP contribution in [0.15, 0.2) is 41.8 Å². The highest BCUT2D eigenvalue weighted by Gasteiger charge is 2.31. The number of benzene rings is 1. The second-order valence-electron chi connectivity index (χ2n) is 6.73. The predicted molar refractivity (Wildman–Crippen MR) is 104 cm³/mol. The van der Waals surface area contributed by atoms with E-state index >= 15 is 0 Å². The van der Waals surface area contributed by atoms with Gasteiger partial charge in [-0.05, 0) is 49.1 Å². The zero-order valence-electron chi connectivity index (χ0n) is 14.6. The van der Waals surface area contributed by atoms with E-state index in [9.17, 15) is 0 Å². The Morgan fingerprint density at radius 1 is 1.24 bits per heavy atom. The Bertz CT molecular complexity index is 923. The van der Waals surface area contributed by atoms with Gasteiger partial charge in [-0.3, -0.25) is 4.57 Å². The monoisotopic (exact) mass is 371 g/mol. The van der Waals surface area contributed by atoms with Crippen molar-refractivity contribution in [1.29, 1.82) is 0 Å². The zero-order chi connectivity index (χ0) is 17.4. The Morgan fingerprint density at radius 2 is 2.08 bits per heavy atom. The fourth-order valence-corrected chi connectivity index (χ4v) is 5.09. The molecular formula is C19H23N4S2+. The molecule has 0 spiro atoms. The molecule has 1 aliphatic heterocycles. The van der Waals surface area contributed by atoms with Crippen LogP contribution in [0.2, 0.25) is 0 Å². The van der Waals surface area contributed by atoms with Gasteiger partial charge in [0.05, 0.1) is 17.1 Å². The van der Waals surface area contributed by atoms with Gasteiger partial charge in [-0.1, -0.05) is 24.3 Å². The van der Waals surface area contributed by atoms with Crippen molar-refractivity contribution in [1.82, 2.24) is 14.3 Å². The van der Waals surface area contributed by atoms with Crippen LogP contribution >= 0.6 is 23.6 Å². The van der Waals surface area contributed by atoms with Gasteiger partial charge in [0.15, 0.2) is 6.67 Å². The van der Waals surface area contributed by atoms with E-state index in [1.807, 2.05) is 22.9 Å². The van der Waals surface area contributed by atoms with Crippen LogP contribution in [0.25, 0.3) is 5.69 Å². The van der Waals surface area contributed by atoms with Crippen molar-refractivity contribution in [2.75, 3.05) is 6.54 Å². The van der Waals surface area contributed by atoms with E-state index in [0.29, 0.717) is 6.04 Å². The highest BCUT2D eigenvalue weighted by atomic mass is 32.1. The molecule has 3 aromatic rings. The van der Waals surface area contributed by atoms with Gasteiger partial charge in [0, 0.05) is 12.8 Å². The number of rotatable bonds is 4. The van der Waals surface area contributed by atoms with Crippen molar-refractivity contribution in [3.63, 3.8) is 0 Å². The molecule has 0 bridgehead atoms. The first kappa shape index (κ1) is 16.7. The van der Waals surface area contributed by atoms with E-state index < -0.39 is 0 Å². The third-order valence-electron chi connectivity index (χ3n) is 5.08. The van der Waals surface area contributed by atoms with Crippen molar-refractivity contribution in [2.24, 2.45) is 0 Å². The molecule has 1 saturated heterocycles. The molecule has 130 valence electrons. The van der Waals surface area contributed by atoms with E-state index in [1.165, 1.54) is 29.8 Å². The molecule has 4 rings (SSSR count). The Kier molecular flexibility index (Phi) is 4.58. The zero-order valence-corrected chi connectivity index (χ0v) is 16.2. The first-order chi connectivity index (χ1) is 12.1. The molecule has 3 heterocycles. The Labute approximate surface area is 157 Å². The fourth-order valence-electron chi connectivity index (χ4n) is 3.84. The number of aryl methyl sites for hydroxylation is 2. The minimum atomic E-state index is 0.575. The van der Waals surface area contributed by atoms with Gasteiger partial charge in [0.25, 0.3) is 0 Å². The molecular weight excluding hydrogens is 348 g/mol. The van der Waals surface area contributed by atoms with Crippen LogP contribution in [0.4, 0.5) is 0 Å². The van der Waals surface area contributed by atoms with Crippen molar-refractivity contribution >= 4 is 23.6 Å². The van der Waals surface area contributed by atoms with Crippen molar-refractivity contribution in [2.45, 2.75) is 39.4 Å². The maximum Gasteiger partial charge on any atom is 0.207 e. The maximum absolute atomic E-state index is 5.78. The quantitative estimate of drug-likeness (QED) is 0.711. The molecule has 2 atom stereocenters. The van der Waals surface area contributed by atoms with Gasteiger partial charge in [0.2, 0.25) is 4.77 Å². The second kappa shape index (κ2) is 6.86. The van der Waals surface area contributed by atoms with Gasteiger partial charge in [0.1, 0.15) is 11.9 Å². The number of hydrogen-bond donors (Lipinski definition) is 1. The van der Waals surface area contributed by atoms with Crippen LogP contribution in [0.1, 0.15) is 35.1 Å². The molecule has 4 nitrogen and oxygen atoms in total. The summed E-state index contributed by atoms with van der Waals surface area (Å²) in [6.45, 7) is 6.17. The van der Waals surface area contributed by atoms with Crippen molar-refractivity contribution in [3.05, 3.63) is 62.8 Å². The summed E-state index contributed by atoms with van der Waals surface area (Å²) < 4.78 is 4.90. The lowest BCUT2D eigenvalue weighted by molar-refractivity contribution is -0.941. The van der Waals surface area contributed by atoms with Crippen molar-refractivity contribution in [3.8, 4) is 5.69 Å². The summed E-state index contributed by atoms with van der Waals surface area (Å²) in [5, 5.41) is 6.94. The van der Waals surface area contributed by atoms with E-state index in [-0.39, 0.29) is 0 Å². The maximum atomic E-state index is 5.78. The van der Waals surface area contributed by atoms with Crippen molar-refractivity contribution < 1.29 is 4.90 Å². The Morgan fingerprint density at radius 3 is 2.84 bits per heavy atom. The summed E-state index contributed by atoms with van der Waals surface area (Å²) in [6.07, 6.45) is 2.52. The first-order valence-electron chi connectivity index (χ1n) is 8.75. The number of aromatic nitrogens is 3. The van der Waals surface area contributed by atoms with Crippen LogP contribution in [-0.4, -0.2) is 20.9 Å². The number of nitrogens with zero attached hydrogens (tertiary/aromatic N) is 3. The molecule has 1 aliphatic rings. The summed E-state index contributed by atoms with van der Waals surface area (Å²) in [5.41, 5.74) is 2.34. The molecule has 0 saturated carbocycles. The number of likely N-dealkylation sites (tertiary alicyclic amines) is 1. The lowest BCUT2D eigenvalue weighted by Crippen LogP contribution is -3.09. The third kappa shape index (κ3) is 3.10. The van der Waals surface area contributed by atoms with Gasteiger partial charge in [-0.15, -0.1) is 11.3 Å². The highest BCUT2D eigenvalue weighted by molar-refractivity contribution is 7.71. The molecule has 6 heteroatoms. The molecule has 0 aliphatic carbocycles. The molecule has 0 radical (unpaired) electrons. The molecule has 2 aromatic heterocycles. The lowest BCUT2D eigenvalue weighted by Gasteiger charge is -2.20. The van der Waals surface area contributed by atoms with E-state index in [2.05, 4.69) is 53.3 Å². The normalized spacial score (nSPS) is 20.2. The number of quaternary nitrogens is 1. The average Bonchev–Trinajstić information content (AvgIpc) is 3.31. The van der Waals surface area contributed by atoms with Gasteiger partial charge >= 0.3 is 0 Å². The van der Waals surface area contributed by atoms with Crippen LogP contribution in [-0.2, 0) is 6.67 Å². The summed E-state index contributed by atoms with van der Waals surface area (Å²) >= 11 is 7.64. The first-order valence-corrected chi connectivity index (χ1v) is 10.0. The van der Waals surface area contributed by atoms with E-state index in [0.717, 1.165) is 23.0 Å². The van der Waals surface area contributed by atoms with Crippen LogP contribution < -0.4 is 4.90 Å². The minimum absolute atomic E-state index is 0.575. The van der Waals surface area contributed by atoms with Gasteiger partial charge in [-0.25, -0.2) is 0 Å². The number of thiophene rings is 1. The third-order valence-corrected chi connectivity index (χ3v) is 6.46. The SMILES string of the molecule is Cc1ccccc1-n1c(C)nn(C[NH+]2CCC[C@@H]2c2cccs2)c1=S. The largest absolute Gasteiger partial charge is 0.309 e. The molecule has 1 unspecified atom stereocenters.